The van der Waals surface area contributed by atoms with Crippen LogP contribution in [0.25, 0.3) is 0 Å². The molecule has 136 valence electrons. The minimum atomic E-state index is 0.582. The minimum absolute atomic E-state index is 0.582. The van der Waals surface area contributed by atoms with Crippen molar-refractivity contribution in [3.63, 3.8) is 0 Å². The van der Waals surface area contributed by atoms with Crippen LogP contribution in [-0.4, -0.2) is 0 Å². The van der Waals surface area contributed by atoms with Gasteiger partial charge in [0.15, 0.2) is 0 Å². The Labute approximate surface area is 146 Å². The van der Waals surface area contributed by atoms with E-state index in [4.69, 9.17) is 4.74 Å². The fourth-order valence-corrected chi connectivity index (χ4v) is 3.12. The number of unbranched alkanes of at least 4 members (excludes halogenated alkanes) is 2. The summed E-state index contributed by atoms with van der Waals surface area (Å²) < 4.78 is 6.55. The molecule has 0 aliphatic carbocycles. The first-order valence-electron chi connectivity index (χ1n) is 10.3. The predicted octanol–water partition coefficient (Wildman–Crippen LogP) is 8.02. The summed E-state index contributed by atoms with van der Waals surface area (Å²) in [4.78, 5) is 0. The van der Waals surface area contributed by atoms with Gasteiger partial charge in [-0.1, -0.05) is 67.2 Å². The molecule has 0 amide bonds. The lowest BCUT2D eigenvalue weighted by Gasteiger charge is -2.25. The lowest BCUT2D eigenvalue weighted by atomic mass is 9.94. The maximum atomic E-state index is 6.55. The Bertz CT molecular complexity index is 295. The van der Waals surface area contributed by atoms with Crippen LogP contribution in [0.2, 0.25) is 0 Å². The fourth-order valence-electron chi connectivity index (χ4n) is 3.12. The Hall–Kier alpha value is -0.720. The second-order valence-electron chi connectivity index (χ2n) is 6.63. The molecule has 0 aliphatic heterocycles. The highest BCUT2D eigenvalue weighted by atomic mass is 16.5. The zero-order valence-electron chi connectivity index (χ0n) is 16.8. The van der Waals surface area contributed by atoms with Gasteiger partial charge < -0.3 is 4.74 Å². The molecule has 0 aromatic rings. The fraction of sp³-hybridized carbons (Fsp3) is 0.818. The molecule has 0 aliphatic rings. The smallest absolute Gasteiger partial charge is 0.103 e. The van der Waals surface area contributed by atoms with E-state index in [2.05, 4.69) is 53.7 Å². The molecule has 0 bridgehead atoms. The van der Waals surface area contributed by atoms with Gasteiger partial charge in [0.25, 0.3) is 0 Å². The SMILES string of the molecule is CCC=C(OC(=CCC)C(CC)CCCC)C(CC)CCCC. The minimum Gasteiger partial charge on any atom is -0.466 e. The summed E-state index contributed by atoms with van der Waals surface area (Å²) >= 11 is 0. The molecule has 1 heteroatoms. The molecular weight excluding hydrogens is 280 g/mol. The third kappa shape index (κ3) is 9.23. The van der Waals surface area contributed by atoms with Crippen LogP contribution in [0.1, 0.15) is 106 Å². The van der Waals surface area contributed by atoms with Crippen LogP contribution in [0, 0.1) is 11.8 Å². The second-order valence-corrected chi connectivity index (χ2v) is 6.63. The molecule has 0 rings (SSSR count). The number of hydrogen-bond donors (Lipinski definition) is 0. The van der Waals surface area contributed by atoms with E-state index < -0.39 is 0 Å². The van der Waals surface area contributed by atoms with Crippen molar-refractivity contribution in [2.24, 2.45) is 11.8 Å². The number of hydrogen-bond acceptors (Lipinski definition) is 1. The third-order valence-electron chi connectivity index (χ3n) is 4.65. The van der Waals surface area contributed by atoms with Crippen molar-refractivity contribution in [2.45, 2.75) is 106 Å². The Morgan fingerprint density at radius 2 is 1.09 bits per heavy atom. The molecule has 0 radical (unpaired) electrons. The molecule has 0 N–H and O–H groups in total. The van der Waals surface area contributed by atoms with Gasteiger partial charge in [-0.2, -0.15) is 0 Å². The quantitative estimate of drug-likeness (QED) is 0.294. The average Bonchev–Trinajstić information content (AvgIpc) is 2.56. The first-order chi connectivity index (χ1) is 11.2. The lowest BCUT2D eigenvalue weighted by Crippen LogP contribution is -2.12. The molecule has 0 saturated carbocycles. The summed E-state index contributed by atoms with van der Waals surface area (Å²) in [5, 5.41) is 0. The Morgan fingerprint density at radius 1 is 0.696 bits per heavy atom. The van der Waals surface area contributed by atoms with Gasteiger partial charge in [0.1, 0.15) is 11.5 Å². The van der Waals surface area contributed by atoms with Gasteiger partial charge in [-0.25, -0.2) is 0 Å². The van der Waals surface area contributed by atoms with Crippen LogP contribution < -0.4 is 0 Å². The van der Waals surface area contributed by atoms with E-state index in [0.717, 1.165) is 12.8 Å². The van der Waals surface area contributed by atoms with E-state index in [1.54, 1.807) is 0 Å². The molecule has 0 spiro atoms. The van der Waals surface area contributed by atoms with Gasteiger partial charge in [-0.05, 0) is 50.7 Å². The Kier molecular flexibility index (Phi) is 14.4. The topological polar surface area (TPSA) is 9.23 Å². The first kappa shape index (κ1) is 22.3. The Balaban J connectivity index is 5.14. The molecule has 1 nitrogen and oxygen atoms in total. The van der Waals surface area contributed by atoms with Crippen molar-refractivity contribution < 1.29 is 4.74 Å². The summed E-state index contributed by atoms with van der Waals surface area (Å²) in [5.41, 5.74) is 0. The normalized spacial score (nSPS) is 15.6. The van der Waals surface area contributed by atoms with Gasteiger partial charge in [0.05, 0.1) is 0 Å². The zero-order chi connectivity index (χ0) is 17.5. The van der Waals surface area contributed by atoms with Gasteiger partial charge in [0, 0.05) is 11.8 Å². The van der Waals surface area contributed by atoms with Crippen molar-refractivity contribution in [3.8, 4) is 0 Å². The van der Waals surface area contributed by atoms with Crippen LogP contribution in [0.3, 0.4) is 0 Å². The summed E-state index contributed by atoms with van der Waals surface area (Å²) in [6.45, 7) is 13.6. The lowest BCUT2D eigenvalue weighted by molar-refractivity contribution is 0.197. The highest BCUT2D eigenvalue weighted by Crippen LogP contribution is 2.31. The van der Waals surface area contributed by atoms with E-state index in [9.17, 15) is 0 Å². The highest BCUT2D eigenvalue weighted by molar-refractivity contribution is 5.07. The molecule has 2 atom stereocenters. The van der Waals surface area contributed by atoms with E-state index in [-0.39, 0.29) is 0 Å². The largest absolute Gasteiger partial charge is 0.466 e. The van der Waals surface area contributed by atoms with Crippen LogP contribution in [0.15, 0.2) is 23.7 Å². The van der Waals surface area contributed by atoms with Crippen LogP contribution in [0.5, 0.6) is 0 Å². The van der Waals surface area contributed by atoms with E-state index in [1.165, 1.54) is 62.9 Å². The summed E-state index contributed by atoms with van der Waals surface area (Å²) in [6, 6.07) is 0. The van der Waals surface area contributed by atoms with Crippen LogP contribution in [-0.2, 0) is 4.74 Å². The molecule has 0 saturated heterocycles. The molecular formula is C22H42O. The van der Waals surface area contributed by atoms with Crippen molar-refractivity contribution in [1.29, 1.82) is 0 Å². The average molecular weight is 323 g/mol. The molecule has 0 aromatic heterocycles. The number of ether oxygens (including phenoxy) is 1. The van der Waals surface area contributed by atoms with Gasteiger partial charge >= 0.3 is 0 Å². The second kappa shape index (κ2) is 14.8. The van der Waals surface area contributed by atoms with Gasteiger partial charge in [-0.3, -0.25) is 0 Å². The molecule has 0 heterocycles. The van der Waals surface area contributed by atoms with E-state index in [1.807, 2.05) is 0 Å². The first-order valence-corrected chi connectivity index (χ1v) is 10.3. The number of allylic oxidation sites excluding steroid dienone is 4. The maximum Gasteiger partial charge on any atom is 0.103 e. The van der Waals surface area contributed by atoms with Crippen molar-refractivity contribution >= 4 is 0 Å². The summed E-state index contributed by atoms with van der Waals surface area (Å²) in [6.07, 6.45) is 16.7. The number of rotatable bonds is 14. The van der Waals surface area contributed by atoms with E-state index in [0.29, 0.717) is 11.8 Å². The van der Waals surface area contributed by atoms with Crippen molar-refractivity contribution in [3.05, 3.63) is 23.7 Å². The summed E-state index contributed by atoms with van der Waals surface area (Å²) in [5.74, 6) is 3.63. The third-order valence-corrected chi connectivity index (χ3v) is 4.65. The molecule has 2 unspecified atom stereocenters. The Morgan fingerprint density at radius 3 is 1.35 bits per heavy atom. The van der Waals surface area contributed by atoms with Crippen molar-refractivity contribution in [2.75, 3.05) is 0 Å². The standard InChI is InChI=1S/C22H42O/c1-7-13-17-19(11-5)21(15-9-3)23-22(16-10-4)20(12-6)18-14-8-2/h15-16,19-20H,7-14,17-18H2,1-6H3. The summed E-state index contributed by atoms with van der Waals surface area (Å²) in [7, 11) is 0. The van der Waals surface area contributed by atoms with Crippen LogP contribution >= 0.6 is 0 Å². The molecule has 0 aromatic carbocycles. The monoisotopic (exact) mass is 322 g/mol. The molecule has 0 fully saturated rings. The van der Waals surface area contributed by atoms with Crippen LogP contribution in [0.4, 0.5) is 0 Å². The molecule has 23 heavy (non-hydrogen) atoms. The van der Waals surface area contributed by atoms with Gasteiger partial charge in [0.2, 0.25) is 0 Å². The van der Waals surface area contributed by atoms with Gasteiger partial charge in [-0.15, -0.1) is 0 Å². The van der Waals surface area contributed by atoms with E-state index >= 15 is 0 Å². The maximum absolute atomic E-state index is 6.55. The highest BCUT2D eigenvalue weighted by Gasteiger charge is 2.19. The predicted molar refractivity (Wildman–Crippen MR) is 104 cm³/mol. The van der Waals surface area contributed by atoms with Crippen molar-refractivity contribution in [1.82, 2.24) is 0 Å². The zero-order valence-corrected chi connectivity index (χ0v) is 16.8.